The lowest BCUT2D eigenvalue weighted by Gasteiger charge is -2.06. The number of aliphatic hydroxyl groups is 2. The molecule has 4 atom stereocenters. The number of aliphatic hydroxyl groups excluding tert-OH is 2. The van der Waals surface area contributed by atoms with Gasteiger partial charge in [0.05, 0.1) is 6.61 Å². The van der Waals surface area contributed by atoms with Gasteiger partial charge in [0.25, 0.3) is 0 Å². The number of halogens is 2. The number of hydrogen-bond donors (Lipinski definition) is 2. The lowest BCUT2D eigenvalue weighted by atomic mass is 10.2. The molecule has 1 heterocycles. The van der Waals surface area contributed by atoms with Gasteiger partial charge in [-0.25, -0.2) is 4.39 Å². The van der Waals surface area contributed by atoms with E-state index in [4.69, 9.17) is 21.8 Å². The highest BCUT2D eigenvalue weighted by Crippen LogP contribution is 2.26. The molecule has 1 saturated heterocycles. The predicted octanol–water partition coefficient (Wildman–Crippen LogP) is -0.359. The predicted molar refractivity (Wildman–Crippen MR) is 32.5 cm³/mol. The summed E-state index contributed by atoms with van der Waals surface area (Å²) in [5.41, 5.74) is 0. The van der Waals surface area contributed by atoms with Crippen molar-refractivity contribution < 1.29 is 19.3 Å². The molecule has 5 heteroatoms. The van der Waals surface area contributed by atoms with Gasteiger partial charge in [-0.1, -0.05) is 0 Å². The van der Waals surface area contributed by atoms with Crippen molar-refractivity contribution in [2.75, 3.05) is 6.61 Å². The number of alkyl halides is 2. The molecule has 60 valence electrons. The summed E-state index contributed by atoms with van der Waals surface area (Å²) >= 11 is 5.33. The fourth-order valence-corrected chi connectivity index (χ4v) is 1.06. The second-order valence-electron chi connectivity index (χ2n) is 2.14. The molecule has 0 spiro atoms. The van der Waals surface area contributed by atoms with Crippen LogP contribution in [0.15, 0.2) is 0 Å². The quantitative estimate of drug-likeness (QED) is 0.529. The maximum absolute atomic E-state index is 12.7. The highest BCUT2D eigenvalue weighted by molar-refractivity contribution is 6.21. The van der Waals surface area contributed by atoms with Gasteiger partial charge in [-0.2, -0.15) is 0 Å². The molecular formula is C5H8ClFO3. The van der Waals surface area contributed by atoms with Crippen molar-refractivity contribution in [2.45, 2.75) is 23.9 Å². The van der Waals surface area contributed by atoms with Crippen LogP contribution in [0, 0.1) is 0 Å². The molecule has 1 rings (SSSR count). The average molecular weight is 171 g/mol. The van der Waals surface area contributed by atoms with Crippen LogP contribution in [-0.2, 0) is 4.74 Å². The highest BCUT2D eigenvalue weighted by atomic mass is 35.5. The maximum Gasteiger partial charge on any atom is 0.174 e. The lowest BCUT2D eigenvalue weighted by Crippen LogP contribution is -2.26. The smallest absolute Gasteiger partial charge is 0.174 e. The SMILES string of the molecule is OC[C@H]1O[C@@H](O)[C@H](Cl)[C@@H]1F. The van der Waals surface area contributed by atoms with E-state index >= 15 is 0 Å². The Bertz CT molecular complexity index is 123. The molecule has 0 radical (unpaired) electrons. The van der Waals surface area contributed by atoms with Crippen molar-refractivity contribution in [2.24, 2.45) is 0 Å². The summed E-state index contributed by atoms with van der Waals surface area (Å²) in [4.78, 5) is 0. The summed E-state index contributed by atoms with van der Waals surface area (Å²) in [6, 6.07) is 0. The molecule has 0 amide bonds. The number of ether oxygens (including phenoxy) is 1. The summed E-state index contributed by atoms with van der Waals surface area (Å²) in [6.45, 7) is -0.457. The molecule has 3 nitrogen and oxygen atoms in total. The molecule has 0 aliphatic carbocycles. The van der Waals surface area contributed by atoms with Crippen molar-refractivity contribution in [3.05, 3.63) is 0 Å². The third-order valence-corrected chi connectivity index (χ3v) is 1.88. The van der Waals surface area contributed by atoms with Crippen LogP contribution < -0.4 is 0 Å². The molecule has 1 aliphatic rings. The van der Waals surface area contributed by atoms with Crippen molar-refractivity contribution in [1.29, 1.82) is 0 Å². The monoisotopic (exact) mass is 170 g/mol. The van der Waals surface area contributed by atoms with Gasteiger partial charge in [0, 0.05) is 0 Å². The molecule has 10 heavy (non-hydrogen) atoms. The Morgan fingerprint density at radius 3 is 2.40 bits per heavy atom. The van der Waals surface area contributed by atoms with Gasteiger partial charge < -0.3 is 14.9 Å². The maximum atomic E-state index is 12.7. The van der Waals surface area contributed by atoms with Crippen molar-refractivity contribution in [3.63, 3.8) is 0 Å². The molecular weight excluding hydrogens is 163 g/mol. The largest absolute Gasteiger partial charge is 0.394 e. The first kappa shape index (κ1) is 8.20. The van der Waals surface area contributed by atoms with E-state index in [0.717, 1.165) is 0 Å². The lowest BCUT2D eigenvalue weighted by molar-refractivity contribution is -0.103. The summed E-state index contributed by atoms with van der Waals surface area (Å²) in [6.07, 6.45) is -3.76. The molecule has 0 bridgehead atoms. The number of hydrogen-bond acceptors (Lipinski definition) is 3. The highest BCUT2D eigenvalue weighted by Gasteiger charge is 2.42. The molecule has 1 fully saturated rings. The molecule has 0 aromatic rings. The molecule has 0 aromatic heterocycles. The fourth-order valence-electron chi connectivity index (χ4n) is 0.835. The molecule has 0 unspecified atom stereocenters. The zero-order valence-corrected chi connectivity index (χ0v) is 5.83. The summed E-state index contributed by atoms with van der Waals surface area (Å²) < 4.78 is 17.2. The molecule has 1 aliphatic heterocycles. The molecule has 0 aromatic carbocycles. The van der Waals surface area contributed by atoms with Gasteiger partial charge in [-0.15, -0.1) is 11.6 Å². The van der Waals surface area contributed by atoms with E-state index in [-0.39, 0.29) is 0 Å². The topological polar surface area (TPSA) is 49.7 Å². The van der Waals surface area contributed by atoms with Crippen LogP contribution in [0.25, 0.3) is 0 Å². The average Bonchev–Trinajstić information content (AvgIpc) is 2.17. The Kier molecular flexibility index (Phi) is 2.46. The summed E-state index contributed by atoms with van der Waals surface area (Å²) in [5, 5.41) is 16.1. The third kappa shape index (κ3) is 1.25. The first-order valence-electron chi connectivity index (χ1n) is 2.89. The Labute approximate surface area is 62.4 Å². The van der Waals surface area contributed by atoms with E-state index in [1.54, 1.807) is 0 Å². The van der Waals surface area contributed by atoms with Crippen LogP contribution in [-0.4, -0.2) is 40.8 Å². The number of rotatable bonds is 1. The fraction of sp³-hybridized carbons (Fsp3) is 1.00. The van der Waals surface area contributed by atoms with Crippen LogP contribution in [0.1, 0.15) is 0 Å². The minimum Gasteiger partial charge on any atom is -0.394 e. The molecule has 2 N–H and O–H groups in total. The zero-order valence-electron chi connectivity index (χ0n) is 5.08. The van der Waals surface area contributed by atoms with Crippen LogP contribution in [0.3, 0.4) is 0 Å². The minimum absolute atomic E-state index is 0.457. The van der Waals surface area contributed by atoms with Gasteiger partial charge >= 0.3 is 0 Å². The third-order valence-electron chi connectivity index (χ3n) is 1.43. The normalized spacial score (nSPS) is 48.0. The Morgan fingerprint density at radius 1 is 1.60 bits per heavy atom. The Morgan fingerprint density at radius 2 is 2.20 bits per heavy atom. The van der Waals surface area contributed by atoms with Crippen LogP contribution in [0.4, 0.5) is 4.39 Å². The Balaban J connectivity index is 2.53. The first-order chi connectivity index (χ1) is 4.66. The summed E-state index contributed by atoms with van der Waals surface area (Å²) in [5.74, 6) is 0. The van der Waals surface area contributed by atoms with E-state index < -0.39 is 30.5 Å². The van der Waals surface area contributed by atoms with E-state index in [9.17, 15) is 4.39 Å². The Hall–Kier alpha value is 0.100. The first-order valence-corrected chi connectivity index (χ1v) is 3.33. The van der Waals surface area contributed by atoms with E-state index in [1.807, 2.05) is 0 Å². The zero-order chi connectivity index (χ0) is 7.72. The van der Waals surface area contributed by atoms with Gasteiger partial charge in [0.1, 0.15) is 17.7 Å². The minimum atomic E-state index is -1.48. The van der Waals surface area contributed by atoms with Crippen molar-refractivity contribution in [3.8, 4) is 0 Å². The van der Waals surface area contributed by atoms with Crippen LogP contribution in [0.2, 0.25) is 0 Å². The van der Waals surface area contributed by atoms with Crippen LogP contribution in [0.5, 0.6) is 0 Å². The van der Waals surface area contributed by atoms with Crippen LogP contribution >= 0.6 is 11.6 Å². The van der Waals surface area contributed by atoms with Gasteiger partial charge in [-0.05, 0) is 0 Å². The van der Waals surface area contributed by atoms with Gasteiger partial charge in [0.15, 0.2) is 6.29 Å². The molecule has 0 saturated carbocycles. The van der Waals surface area contributed by atoms with Gasteiger partial charge in [0.2, 0.25) is 0 Å². The second kappa shape index (κ2) is 3.00. The standard InChI is InChI=1S/C5H8ClFO3/c6-3-4(7)2(1-8)10-5(3)9/h2-5,8-9H,1H2/t2-,3-,4-,5-/m1/s1. The van der Waals surface area contributed by atoms with Crippen molar-refractivity contribution >= 4 is 11.6 Å². The van der Waals surface area contributed by atoms with E-state index in [0.29, 0.717) is 0 Å². The van der Waals surface area contributed by atoms with E-state index in [2.05, 4.69) is 4.74 Å². The van der Waals surface area contributed by atoms with Crippen molar-refractivity contribution in [1.82, 2.24) is 0 Å². The van der Waals surface area contributed by atoms with Gasteiger partial charge in [-0.3, -0.25) is 0 Å². The second-order valence-corrected chi connectivity index (χ2v) is 2.64. The summed E-state index contributed by atoms with van der Waals surface area (Å²) in [7, 11) is 0. The van der Waals surface area contributed by atoms with E-state index in [1.165, 1.54) is 0 Å².